The van der Waals surface area contributed by atoms with Crippen molar-refractivity contribution in [2.75, 3.05) is 23.4 Å². The molecule has 0 aliphatic rings. The SMILES string of the molecule is C#CCSCCNc1ncccc1C(=O)O. The largest absolute Gasteiger partial charge is 0.478 e. The number of anilines is 1. The fourth-order valence-electron chi connectivity index (χ4n) is 1.09. The second kappa shape index (κ2) is 6.75. The predicted octanol–water partition coefficient (Wildman–Crippen LogP) is 1.56. The summed E-state index contributed by atoms with van der Waals surface area (Å²) in [5.74, 6) is 3.42. The number of nitrogens with zero attached hydrogens (tertiary/aromatic N) is 1. The molecule has 0 fully saturated rings. The van der Waals surface area contributed by atoms with Crippen molar-refractivity contribution in [3.05, 3.63) is 23.9 Å². The number of thioether (sulfide) groups is 1. The van der Waals surface area contributed by atoms with E-state index in [-0.39, 0.29) is 5.56 Å². The molecule has 0 saturated carbocycles. The summed E-state index contributed by atoms with van der Waals surface area (Å²) < 4.78 is 0. The van der Waals surface area contributed by atoms with Gasteiger partial charge in [0.2, 0.25) is 0 Å². The van der Waals surface area contributed by atoms with Gasteiger partial charge in [0.05, 0.1) is 5.75 Å². The van der Waals surface area contributed by atoms with Crippen LogP contribution in [0.25, 0.3) is 0 Å². The number of aromatic carboxylic acids is 1. The van der Waals surface area contributed by atoms with E-state index < -0.39 is 5.97 Å². The van der Waals surface area contributed by atoms with Gasteiger partial charge in [0.1, 0.15) is 11.4 Å². The van der Waals surface area contributed by atoms with Crippen LogP contribution in [-0.4, -0.2) is 34.1 Å². The molecule has 0 aromatic carbocycles. The summed E-state index contributed by atoms with van der Waals surface area (Å²) >= 11 is 1.61. The minimum absolute atomic E-state index is 0.185. The van der Waals surface area contributed by atoms with E-state index in [0.29, 0.717) is 18.1 Å². The van der Waals surface area contributed by atoms with Crippen LogP contribution in [0.2, 0.25) is 0 Å². The first-order valence-corrected chi connectivity index (χ1v) is 5.84. The molecule has 0 atom stereocenters. The van der Waals surface area contributed by atoms with E-state index in [4.69, 9.17) is 11.5 Å². The summed E-state index contributed by atoms with van der Waals surface area (Å²) in [6.45, 7) is 0.642. The summed E-state index contributed by atoms with van der Waals surface area (Å²) in [6, 6.07) is 3.12. The standard InChI is InChI=1S/C11H12N2O2S/c1-2-7-16-8-6-13-10-9(11(14)15)4-3-5-12-10/h1,3-5H,6-8H2,(H,12,13)(H,14,15). The van der Waals surface area contributed by atoms with Crippen molar-refractivity contribution >= 4 is 23.5 Å². The molecule has 5 heteroatoms. The van der Waals surface area contributed by atoms with E-state index in [0.717, 1.165) is 5.75 Å². The van der Waals surface area contributed by atoms with Crippen LogP contribution >= 0.6 is 11.8 Å². The van der Waals surface area contributed by atoms with E-state index in [1.165, 1.54) is 6.07 Å². The number of rotatable bonds is 6. The molecule has 1 aromatic rings. The lowest BCUT2D eigenvalue weighted by molar-refractivity contribution is 0.0697. The Labute approximate surface area is 98.5 Å². The van der Waals surface area contributed by atoms with Crippen LogP contribution in [0, 0.1) is 12.3 Å². The van der Waals surface area contributed by atoms with Crippen molar-refractivity contribution < 1.29 is 9.90 Å². The molecule has 0 aliphatic heterocycles. The Balaban J connectivity index is 2.47. The van der Waals surface area contributed by atoms with Crippen molar-refractivity contribution in [3.8, 4) is 12.3 Å². The number of pyridine rings is 1. The number of hydrogen-bond donors (Lipinski definition) is 2. The molecule has 4 nitrogen and oxygen atoms in total. The molecule has 0 radical (unpaired) electrons. The Hall–Kier alpha value is -1.67. The first kappa shape index (κ1) is 12.4. The van der Waals surface area contributed by atoms with Gasteiger partial charge < -0.3 is 10.4 Å². The Bertz CT molecular complexity index is 401. The minimum atomic E-state index is -0.980. The van der Waals surface area contributed by atoms with Crippen LogP contribution in [0.1, 0.15) is 10.4 Å². The van der Waals surface area contributed by atoms with Gasteiger partial charge in [0.15, 0.2) is 0 Å². The number of carboxylic acids is 1. The summed E-state index contributed by atoms with van der Waals surface area (Å²) in [4.78, 5) is 14.8. The molecule has 0 amide bonds. The van der Waals surface area contributed by atoms with Gasteiger partial charge in [-0.3, -0.25) is 0 Å². The predicted molar refractivity (Wildman–Crippen MR) is 65.8 cm³/mol. The number of hydrogen-bond acceptors (Lipinski definition) is 4. The second-order valence-electron chi connectivity index (χ2n) is 2.89. The lowest BCUT2D eigenvalue weighted by atomic mass is 10.2. The van der Waals surface area contributed by atoms with Crippen molar-refractivity contribution in [3.63, 3.8) is 0 Å². The second-order valence-corrected chi connectivity index (χ2v) is 3.99. The molecule has 84 valence electrons. The highest BCUT2D eigenvalue weighted by molar-refractivity contribution is 7.99. The van der Waals surface area contributed by atoms with Crippen molar-refractivity contribution in [2.24, 2.45) is 0 Å². The molecule has 16 heavy (non-hydrogen) atoms. The highest BCUT2D eigenvalue weighted by Gasteiger charge is 2.09. The quantitative estimate of drug-likeness (QED) is 0.579. The van der Waals surface area contributed by atoms with E-state index in [1.807, 2.05) is 0 Å². The Morgan fingerprint density at radius 2 is 2.50 bits per heavy atom. The average Bonchev–Trinajstić information content (AvgIpc) is 2.29. The topological polar surface area (TPSA) is 62.2 Å². The monoisotopic (exact) mass is 236 g/mol. The highest BCUT2D eigenvalue weighted by Crippen LogP contribution is 2.11. The van der Waals surface area contributed by atoms with Crippen molar-refractivity contribution in [2.45, 2.75) is 0 Å². The molecule has 0 unspecified atom stereocenters. The molecule has 0 aliphatic carbocycles. The third-order valence-electron chi connectivity index (χ3n) is 1.76. The first-order chi connectivity index (χ1) is 7.75. The third-order valence-corrected chi connectivity index (χ3v) is 2.63. The lowest BCUT2D eigenvalue weighted by Crippen LogP contribution is -2.10. The zero-order chi connectivity index (χ0) is 11.8. The van der Waals surface area contributed by atoms with E-state index in [1.54, 1.807) is 24.0 Å². The Morgan fingerprint density at radius 1 is 1.69 bits per heavy atom. The van der Waals surface area contributed by atoms with Gasteiger partial charge in [-0.25, -0.2) is 9.78 Å². The third kappa shape index (κ3) is 3.83. The van der Waals surface area contributed by atoms with Gasteiger partial charge in [-0.15, -0.1) is 18.2 Å². The number of carboxylic acid groups (broad SMARTS) is 1. The van der Waals surface area contributed by atoms with E-state index >= 15 is 0 Å². The number of carbonyl (C=O) groups is 1. The van der Waals surface area contributed by atoms with Crippen molar-refractivity contribution in [1.29, 1.82) is 0 Å². The van der Waals surface area contributed by atoms with Gasteiger partial charge in [0.25, 0.3) is 0 Å². The summed E-state index contributed by atoms with van der Waals surface area (Å²) in [6.07, 6.45) is 6.66. The first-order valence-electron chi connectivity index (χ1n) is 4.69. The van der Waals surface area contributed by atoms with Crippen LogP contribution < -0.4 is 5.32 Å². The van der Waals surface area contributed by atoms with Gasteiger partial charge in [-0.1, -0.05) is 5.92 Å². The molecule has 1 heterocycles. The molecule has 1 aromatic heterocycles. The number of aromatic nitrogens is 1. The maximum absolute atomic E-state index is 10.8. The lowest BCUT2D eigenvalue weighted by Gasteiger charge is -2.07. The summed E-state index contributed by atoms with van der Waals surface area (Å²) in [5, 5.41) is 11.9. The highest BCUT2D eigenvalue weighted by atomic mass is 32.2. The van der Waals surface area contributed by atoms with Crippen LogP contribution in [0.4, 0.5) is 5.82 Å². The van der Waals surface area contributed by atoms with Gasteiger partial charge in [0, 0.05) is 18.5 Å². The van der Waals surface area contributed by atoms with Gasteiger partial charge >= 0.3 is 5.97 Å². The minimum Gasteiger partial charge on any atom is -0.478 e. The average molecular weight is 236 g/mol. The fourth-order valence-corrected chi connectivity index (χ4v) is 1.60. The Kier molecular flexibility index (Phi) is 5.23. The smallest absolute Gasteiger partial charge is 0.339 e. The molecule has 0 spiro atoms. The molecular formula is C11H12N2O2S. The van der Waals surface area contributed by atoms with Crippen LogP contribution in [0.3, 0.4) is 0 Å². The molecule has 2 N–H and O–H groups in total. The van der Waals surface area contributed by atoms with Crippen LogP contribution in [0.15, 0.2) is 18.3 Å². The van der Waals surface area contributed by atoms with Gasteiger partial charge in [-0.05, 0) is 12.1 Å². The molecule has 0 saturated heterocycles. The number of terminal acetylenes is 1. The van der Waals surface area contributed by atoms with Gasteiger partial charge in [-0.2, -0.15) is 0 Å². The summed E-state index contributed by atoms with van der Waals surface area (Å²) in [7, 11) is 0. The zero-order valence-electron chi connectivity index (χ0n) is 8.64. The normalized spacial score (nSPS) is 9.44. The van der Waals surface area contributed by atoms with Crippen LogP contribution in [-0.2, 0) is 0 Å². The van der Waals surface area contributed by atoms with Crippen LogP contribution in [0.5, 0.6) is 0 Å². The maximum Gasteiger partial charge on any atom is 0.339 e. The van der Waals surface area contributed by atoms with E-state index in [2.05, 4.69) is 16.2 Å². The molecule has 1 rings (SSSR count). The Morgan fingerprint density at radius 3 is 3.19 bits per heavy atom. The zero-order valence-corrected chi connectivity index (χ0v) is 9.46. The van der Waals surface area contributed by atoms with E-state index in [9.17, 15) is 4.79 Å². The fraction of sp³-hybridized carbons (Fsp3) is 0.273. The molecule has 0 bridgehead atoms. The maximum atomic E-state index is 10.8. The summed E-state index contributed by atoms with van der Waals surface area (Å²) in [5.41, 5.74) is 0.185. The van der Waals surface area contributed by atoms with Crippen molar-refractivity contribution in [1.82, 2.24) is 4.98 Å². The molecular weight excluding hydrogens is 224 g/mol. The number of nitrogens with one attached hydrogen (secondary N) is 1.